The highest BCUT2D eigenvalue weighted by molar-refractivity contribution is 9.11. The number of hydrogen-bond acceptors (Lipinski definition) is 2. The first kappa shape index (κ1) is 13.8. The van der Waals surface area contributed by atoms with E-state index < -0.39 is 0 Å². The summed E-state index contributed by atoms with van der Waals surface area (Å²) in [6.45, 7) is 2.22. The lowest BCUT2D eigenvalue weighted by Gasteiger charge is -2.04. The smallest absolute Gasteiger partial charge is 0.314 e. The highest BCUT2D eigenvalue weighted by Crippen LogP contribution is 2.29. The summed E-state index contributed by atoms with van der Waals surface area (Å²) < 4.78 is 5.09. The van der Waals surface area contributed by atoms with Gasteiger partial charge in [0.15, 0.2) is 0 Å². The predicted octanol–water partition coefficient (Wildman–Crippen LogP) is 4.54. The molecule has 3 heteroatoms. The van der Waals surface area contributed by atoms with Gasteiger partial charge >= 0.3 is 5.97 Å². The lowest BCUT2D eigenvalue weighted by Crippen LogP contribution is -2.06. The minimum atomic E-state index is -0.0424. The number of hydrogen-bond donors (Lipinski definition) is 0. The second kappa shape index (κ2) is 7.88. The number of cyclic esters (lactones) is 1. The zero-order valence-electron chi connectivity index (χ0n) is 10.0. The van der Waals surface area contributed by atoms with Crippen molar-refractivity contribution < 1.29 is 9.53 Å². The zero-order valence-corrected chi connectivity index (χ0v) is 11.6. The van der Waals surface area contributed by atoms with Gasteiger partial charge in [-0.15, -0.1) is 0 Å². The van der Waals surface area contributed by atoms with Crippen molar-refractivity contribution in [2.45, 2.75) is 58.3 Å². The maximum absolute atomic E-state index is 11.4. The molecule has 2 nitrogen and oxygen atoms in total. The summed E-state index contributed by atoms with van der Waals surface area (Å²) in [6, 6.07) is 0. The molecule has 1 aliphatic heterocycles. The van der Waals surface area contributed by atoms with Crippen LogP contribution in [0.25, 0.3) is 0 Å². The highest BCUT2D eigenvalue weighted by Gasteiger charge is 2.29. The van der Waals surface area contributed by atoms with E-state index >= 15 is 0 Å². The van der Waals surface area contributed by atoms with Crippen LogP contribution in [0.2, 0.25) is 0 Å². The average molecular weight is 289 g/mol. The Balaban J connectivity index is 2.07. The molecule has 0 N–H and O–H groups in total. The third kappa shape index (κ3) is 4.69. The van der Waals surface area contributed by atoms with E-state index in [1.165, 1.54) is 32.1 Å². The number of carbonyl (C=O) groups is 1. The average Bonchev–Trinajstić information content (AvgIpc) is 2.65. The molecule has 16 heavy (non-hydrogen) atoms. The van der Waals surface area contributed by atoms with E-state index in [1.54, 1.807) is 4.99 Å². The summed E-state index contributed by atoms with van der Waals surface area (Å²) in [6.07, 6.45) is 9.41. The lowest BCUT2D eigenvalue weighted by molar-refractivity contribution is -0.139. The quantitative estimate of drug-likeness (QED) is 0.508. The maximum atomic E-state index is 11.4. The highest BCUT2D eigenvalue weighted by atomic mass is 79.9. The minimum absolute atomic E-state index is 0.0424. The van der Waals surface area contributed by atoms with E-state index in [1.807, 2.05) is 0 Å². The summed E-state index contributed by atoms with van der Waals surface area (Å²) in [7, 11) is 0. The Morgan fingerprint density at radius 3 is 2.62 bits per heavy atom. The van der Waals surface area contributed by atoms with Crippen LogP contribution in [-0.2, 0) is 9.53 Å². The summed E-state index contributed by atoms with van der Waals surface area (Å²) in [5.74, 6) is 0.843. The molecule has 0 aromatic heterocycles. The monoisotopic (exact) mass is 288 g/mol. The Morgan fingerprint density at radius 1 is 1.31 bits per heavy atom. The summed E-state index contributed by atoms with van der Waals surface area (Å²) >= 11 is 3.20. The summed E-state index contributed by atoms with van der Waals surface area (Å²) in [5, 5.41) is 0. The second-order valence-electron chi connectivity index (χ2n) is 4.45. The molecule has 1 aliphatic rings. The number of halogens is 1. The fraction of sp³-hybridized carbons (Fsp3) is 0.769. The molecule has 1 saturated heterocycles. The van der Waals surface area contributed by atoms with E-state index in [4.69, 9.17) is 4.74 Å². The molecule has 1 fully saturated rings. The van der Waals surface area contributed by atoms with Crippen LogP contribution in [-0.4, -0.2) is 5.97 Å². The van der Waals surface area contributed by atoms with Crippen molar-refractivity contribution in [2.75, 3.05) is 0 Å². The number of unbranched alkanes of at least 4 members (excludes halogenated alkanes) is 5. The van der Waals surface area contributed by atoms with Gasteiger partial charge < -0.3 is 4.74 Å². The SMILES string of the molecule is CCCCCCCC[C@@H]1C/C(=C\Br)OC1=O. The fourth-order valence-electron chi connectivity index (χ4n) is 2.04. The van der Waals surface area contributed by atoms with Gasteiger partial charge in [0, 0.05) is 11.4 Å². The first-order chi connectivity index (χ1) is 7.77. The first-order valence-corrected chi connectivity index (χ1v) is 7.20. The molecule has 0 amide bonds. The van der Waals surface area contributed by atoms with Crippen LogP contribution in [0.4, 0.5) is 0 Å². The van der Waals surface area contributed by atoms with Crippen LogP contribution in [0.3, 0.4) is 0 Å². The van der Waals surface area contributed by atoms with Gasteiger partial charge in [0.05, 0.1) is 5.92 Å². The second-order valence-corrected chi connectivity index (χ2v) is 4.91. The van der Waals surface area contributed by atoms with Gasteiger partial charge in [-0.05, 0) is 6.42 Å². The van der Waals surface area contributed by atoms with Gasteiger partial charge in [0.25, 0.3) is 0 Å². The molecule has 0 bridgehead atoms. The first-order valence-electron chi connectivity index (χ1n) is 6.29. The van der Waals surface area contributed by atoms with Crippen molar-refractivity contribution in [3.8, 4) is 0 Å². The van der Waals surface area contributed by atoms with E-state index in [0.717, 1.165) is 25.0 Å². The van der Waals surface area contributed by atoms with Crippen molar-refractivity contribution in [1.29, 1.82) is 0 Å². The van der Waals surface area contributed by atoms with Crippen LogP contribution < -0.4 is 0 Å². The van der Waals surface area contributed by atoms with E-state index in [0.29, 0.717) is 0 Å². The van der Waals surface area contributed by atoms with E-state index in [9.17, 15) is 4.79 Å². The van der Waals surface area contributed by atoms with Crippen molar-refractivity contribution in [3.05, 3.63) is 10.7 Å². The number of rotatable bonds is 7. The van der Waals surface area contributed by atoms with Gasteiger partial charge in [-0.2, -0.15) is 0 Å². The topological polar surface area (TPSA) is 26.3 Å². The Labute approximate surface area is 107 Å². The molecule has 1 atom stereocenters. The molecule has 92 valence electrons. The Kier molecular flexibility index (Phi) is 6.78. The van der Waals surface area contributed by atoms with Gasteiger partial charge in [0.1, 0.15) is 5.76 Å². The van der Waals surface area contributed by atoms with Gasteiger partial charge in [-0.1, -0.05) is 61.4 Å². The van der Waals surface area contributed by atoms with Crippen molar-refractivity contribution >= 4 is 21.9 Å². The molecule has 0 aliphatic carbocycles. The third-order valence-electron chi connectivity index (χ3n) is 3.04. The normalized spacial score (nSPS) is 22.8. The van der Waals surface area contributed by atoms with Crippen molar-refractivity contribution in [2.24, 2.45) is 5.92 Å². The predicted molar refractivity (Wildman–Crippen MR) is 69.2 cm³/mol. The molecule has 0 unspecified atom stereocenters. The maximum Gasteiger partial charge on any atom is 0.314 e. The Bertz CT molecular complexity index is 248. The van der Waals surface area contributed by atoms with Gasteiger partial charge in [0.2, 0.25) is 0 Å². The van der Waals surface area contributed by atoms with Gasteiger partial charge in [-0.3, -0.25) is 4.79 Å². The molecular weight excluding hydrogens is 268 g/mol. The zero-order chi connectivity index (χ0) is 11.8. The van der Waals surface area contributed by atoms with Crippen molar-refractivity contribution in [3.63, 3.8) is 0 Å². The summed E-state index contributed by atoms with van der Waals surface area (Å²) in [5.41, 5.74) is 0. The standard InChI is InChI=1S/C13H21BrO2/c1-2-3-4-5-6-7-8-11-9-12(10-14)16-13(11)15/h10-11H,2-9H2,1H3/b12-10+/t11-/m1/s1. The van der Waals surface area contributed by atoms with Crippen LogP contribution in [0.1, 0.15) is 58.3 Å². The van der Waals surface area contributed by atoms with Crippen LogP contribution in [0.5, 0.6) is 0 Å². The molecule has 0 aromatic rings. The molecule has 0 radical (unpaired) electrons. The van der Waals surface area contributed by atoms with E-state index in [-0.39, 0.29) is 11.9 Å². The number of esters is 1. The molecular formula is C13H21BrO2. The molecule has 0 saturated carbocycles. The van der Waals surface area contributed by atoms with Crippen LogP contribution in [0.15, 0.2) is 10.7 Å². The van der Waals surface area contributed by atoms with Crippen LogP contribution >= 0.6 is 15.9 Å². The number of allylic oxidation sites excluding steroid dienone is 1. The van der Waals surface area contributed by atoms with Gasteiger partial charge in [-0.25, -0.2) is 0 Å². The van der Waals surface area contributed by atoms with Crippen molar-refractivity contribution in [1.82, 2.24) is 0 Å². The Morgan fingerprint density at radius 2 is 2.00 bits per heavy atom. The minimum Gasteiger partial charge on any atom is -0.430 e. The fourth-order valence-corrected chi connectivity index (χ4v) is 2.32. The number of carbonyl (C=O) groups excluding carboxylic acids is 1. The molecule has 0 spiro atoms. The van der Waals surface area contributed by atoms with Crippen LogP contribution in [0, 0.1) is 5.92 Å². The number of ether oxygens (including phenoxy) is 1. The van der Waals surface area contributed by atoms with E-state index in [2.05, 4.69) is 22.9 Å². The molecule has 1 heterocycles. The Hall–Kier alpha value is -0.310. The molecule has 0 aromatic carbocycles. The molecule has 1 rings (SSSR count). The lowest BCUT2D eigenvalue weighted by atomic mass is 9.98. The largest absolute Gasteiger partial charge is 0.430 e. The summed E-state index contributed by atoms with van der Waals surface area (Å²) in [4.78, 5) is 13.1. The third-order valence-corrected chi connectivity index (χ3v) is 3.55.